The summed E-state index contributed by atoms with van der Waals surface area (Å²) in [7, 11) is 0. The molecule has 2 aromatic carbocycles. The molecule has 1 heterocycles. The minimum Gasteiger partial charge on any atom is -0.399 e. The van der Waals surface area contributed by atoms with E-state index in [9.17, 15) is 0 Å². The molecule has 3 nitrogen and oxygen atoms in total. The summed E-state index contributed by atoms with van der Waals surface area (Å²) in [5.74, 6) is 1.15. The van der Waals surface area contributed by atoms with Gasteiger partial charge in [-0.25, -0.2) is 4.98 Å². The van der Waals surface area contributed by atoms with Crippen LogP contribution in [0.25, 0.3) is 11.0 Å². The van der Waals surface area contributed by atoms with E-state index in [4.69, 9.17) is 10.7 Å². The molecule has 1 aromatic heterocycles. The highest BCUT2D eigenvalue weighted by atomic mass is 15.1. The van der Waals surface area contributed by atoms with E-state index in [0.717, 1.165) is 23.4 Å². The zero-order valence-electron chi connectivity index (χ0n) is 11.3. The van der Waals surface area contributed by atoms with E-state index in [1.807, 2.05) is 18.2 Å². The monoisotopic (exact) mass is 263 g/mol. The molecule has 0 bridgehead atoms. The molecule has 0 saturated heterocycles. The molecule has 1 saturated carbocycles. The van der Waals surface area contributed by atoms with Crippen molar-refractivity contribution in [3.05, 3.63) is 59.9 Å². The van der Waals surface area contributed by atoms with Crippen LogP contribution in [-0.4, -0.2) is 9.55 Å². The number of nitrogens with zero attached hydrogens (tertiary/aromatic N) is 2. The lowest BCUT2D eigenvalue weighted by molar-refractivity contribution is 0.715. The van der Waals surface area contributed by atoms with Crippen LogP contribution >= 0.6 is 0 Å². The normalized spacial score (nSPS) is 14.8. The van der Waals surface area contributed by atoms with Crippen LogP contribution in [0.15, 0.2) is 48.5 Å². The average Bonchev–Trinajstić information content (AvgIpc) is 3.22. The number of rotatable bonds is 3. The van der Waals surface area contributed by atoms with E-state index < -0.39 is 0 Å². The van der Waals surface area contributed by atoms with Crippen LogP contribution in [0.4, 0.5) is 5.69 Å². The van der Waals surface area contributed by atoms with Crippen LogP contribution in [0.1, 0.15) is 30.3 Å². The van der Waals surface area contributed by atoms with Crippen molar-refractivity contribution in [3.63, 3.8) is 0 Å². The SMILES string of the molecule is Nc1ccc2c(c1)nc(Cc1ccccc1)n2C1CC1. The number of anilines is 1. The molecule has 0 unspecified atom stereocenters. The van der Waals surface area contributed by atoms with Crippen molar-refractivity contribution in [1.29, 1.82) is 0 Å². The largest absolute Gasteiger partial charge is 0.399 e. The van der Waals surface area contributed by atoms with Gasteiger partial charge in [-0.3, -0.25) is 0 Å². The van der Waals surface area contributed by atoms with E-state index in [-0.39, 0.29) is 0 Å². The topological polar surface area (TPSA) is 43.8 Å². The summed E-state index contributed by atoms with van der Waals surface area (Å²) in [4.78, 5) is 4.81. The van der Waals surface area contributed by atoms with E-state index in [2.05, 4.69) is 34.9 Å². The van der Waals surface area contributed by atoms with Crippen molar-refractivity contribution in [2.75, 3.05) is 5.73 Å². The molecule has 0 radical (unpaired) electrons. The minimum atomic E-state index is 0.627. The number of nitrogen functional groups attached to an aromatic ring is 1. The number of benzene rings is 2. The molecule has 1 aliphatic carbocycles. The van der Waals surface area contributed by atoms with Gasteiger partial charge >= 0.3 is 0 Å². The number of imidazole rings is 1. The number of aromatic nitrogens is 2. The summed E-state index contributed by atoms with van der Waals surface area (Å²) in [5.41, 5.74) is 10.2. The molecule has 0 atom stereocenters. The van der Waals surface area contributed by atoms with Gasteiger partial charge in [-0.2, -0.15) is 0 Å². The fraction of sp³-hybridized carbons (Fsp3) is 0.235. The zero-order valence-corrected chi connectivity index (χ0v) is 11.3. The second kappa shape index (κ2) is 4.37. The molecule has 0 spiro atoms. The van der Waals surface area contributed by atoms with Gasteiger partial charge < -0.3 is 10.3 Å². The van der Waals surface area contributed by atoms with Crippen molar-refractivity contribution >= 4 is 16.7 Å². The summed E-state index contributed by atoms with van der Waals surface area (Å²) in [6.45, 7) is 0. The number of hydrogen-bond acceptors (Lipinski definition) is 2. The van der Waals surface area contributed by atoms with Crippen LogP contribution < -0.4 is 5.73 Å². The Labute approximate surface area is 118 Å². The summed E-state index contributed by atoms with van der Waals surface area (Å²) in [5, 5.41) is 0. The predicted molar refractivity (Wildman–Crippen MR) is 81.7 cm³/mol. The molecule has 1 aliphatic rings. The Balaban J connectivity index is 1.83. The molecule has 4 rings (SSSR count). The molecule has 3 aromatic rings. The predicted octanol–water partition coefficient (Wildman–Crippen LogP) is 3.54. The number of fused-ring (bicyclic) bond motifs is 1. The fourth-order valence-electron chi connectivity index (χ4n) is 2.81. The van der Waals surface area contributed by atoms with Gasteiger partial charge in [0.1, 0.15) is 5.82 Å². The van der Waals surface area contributed by atoms with Crippen molar-refractivity contribution in [3.8, 4) is 0 Å². The van der Waals surface area contributed by atoms with Crippen LogP contribution in [0, 0.1) is 0 Å². The number of hydrogen-bond donors (Lipinski definition) is 1. The number of nitrogens with two attached hydrogens (primary N) is 1. The lowest BCUT2D eigenvalue weighted by Gasteiger charge is -2.07. The van der Waals surface area contributed by atoms with Gasteiger partial charge in [0.05, 0.1) is 11.0 Å². The van der Waals surface area contributed by atoms with Crippen molar-refractivity contribution in [2.24, 2.45) is 0 Å². The summed E-state index contributed by atoms with van der Waals surface area (Å²) in [6.07, 6.45) is 3.40. The van der Waals surface area contributed by atoms with E-state index in [1.165, 1.54) is 23.9 Å². The quantitative estimate of drug-likeness (QED) is 0.734. The van der Waals surface area contributed by atoms with Gasteiger partial charge in [-0.05, 0) is 36.6 Å². The first-order chi connectivity index (χ1) is 9.81. The van der Waals surface area contributed by atoms with Crippen molar-refractivity contribution < 1.29 is 0 Å². The minimum absolute atomic E-state index is 0.627. The standard InChI is InChI=1S/C17H17N3/c18-13-6-9-16-15(11-13)19-17(20(16)14-7-8-14)10-12-4-2-1-3-5-12/h1-6,9,11,14H,7-8,10,18H2. The molecular weight excluding hydrogens is 246 g/mol. The molecule has 2 N–H and O–H groups in total. The maximum absolute atomic E-state index is 5.88. The highest BCUT2D eigenvalue weighted by Gasteiger charge is 2.28. The zero-order chi connectivity index (χ0) is 13.5. The molecule has 20 heavy (non-hydrogen) atoms. The van der Waals surface area contributed by atoms with Gasteiger partial charge in [0.25, 0.3) is 0 Å². The first kappa shape index (κ1) is 11.5. The third-order valence-corrected chi connectivity index (χ3v) is 3.90. The molecule has 0 aliphatic heterocycles. The Morgan fingerprint density at radius 3 is 2.65 bits per heavy atom. The van der Waals surface area contributed by atoms with Crippen molar-refractivity contribution in [2.45, 2.75) is 25.3 Å². The van der Waals surface area contributed by atoms with E-state index in [0.29, 0.717) is 6.04 Å². The lowest BCUT2D eigenvalue weighted by atomic mass is 10.1. The van der Waals surface area contributed by atoms with Gasteiger partial charge in [-0.15, -0.1) is 0 Å². The second-order valence-electron chi connectivity index (χ2n) is 5.54. The second-order valence-corrected chi connectivity index (χ2v) is 5.54. The Morgan fingerprint density at radius 2 is 1.90 bits per heavy atom. The van der Waals surface area contributed by atoms with Crippen molar-refractivity contribution in [1.82, 2.24) is 9.55 Å². The first-order valence-electron chi connectivity index (χ1n) is 7.11. The van der Waals surface area contributed by atoms with Crippen LogP contribution in [0.3, 0.4) is 0 Å². The Hall–Kier alpha value is -2.29. The van der Waals surface area contributed by atoms with Gasteiger partial charge in [0.2, 0.25) is 0 Å². The van der Waals surface area contributed by atoms with Gasteiger partial charge in [-0.1, -0.05) is 30.3 Å². The Morgan fingerprint density at radius 1 is 1.10 bits per heavy atom. The molecule has 100 valence electrons. The molecule has 3 heteroatoms. The van der Waals surface area contributed by atoms with E-state index in [1.54, 1.807) is 0 Å². The third kappa shape index (κ3) is 1.95. The molecule has 1 fully saturated rings. The summed E-state index contributed by atoms with van der Waals surface area (Å²) >= 11 is 0. The molecule has 0 amide bonds. The maximum Gasteiger partial charge on any atom is 0.114 e. The highest BCUT2D eigenvalue weighted by Crippen LogP contribution is 2.39. The lowest BCUT2D eigenvalue weighted by Crippen LogP contribution is -2.02. The molecular formula is C17H17N3. The first-order valence-corrected chi connectivity index (χ1v) is 7.11. The third-order valence-electron chi connectivity index (χ3n) is 3.90. The maximum atomic E-state index is 5.88. The summed E-state index contributed by atoms with van der Waals surface area (Å²) < 4.78 is 2.40. The van der Waals surface area contributed by atoms with Crippen LogP contribution in [-0.2, 0) is 6.42 Å². The summed E-state index contributed by atoms with van der Waals surface area (Å²) in [6, 6.07) is 17.2. The average molecular weight is 263 g/mol. The Bertz CT molecular complexity index is 755. The Kier molecular flexibility index (Phi) is 2.52. The van der Waals surface area contributed by atoms with E-state index >= 15 is 0 Å². The highest BCUT2D eigenvalue weighted by molar-refractivity contribution is 5.80. The van der Waals surface area contributed by atoms with Crippen LogP contribution in [0.2, 0.25) is 0 Å². The fourth-order valence-corrected chi connectivity index (χ4v) is 2.81. The van der Waals surface area contributed by atoms with Gasteiger partial charge in [0.15, 0.2) is 0 Å². The van der Waals surface area contributed by atoms with Gasteiger partial charge in [0, 0.05) is 18.2 Å². The van der Waals surface area contributed by atoms with Crippen LogP contribution in [0.5, 0.6) is 0 Å². The smallest absolute Gasteiger partial charge is 0.114 e.